The zero-order chi connectivity index (χ0) is 11.4. The lowest BCUT2D eigenvalue weighted by Crippen LogP contribution is -2.06. The maximum absolute atomic E-state index is 12.0. The van der Waals surface area contributed by atoms with Crippen molar-refractivity contribution >= 4 is 5.78 Å². The maximum atomic E-state index is 12.0. The molecule has 0 atom stereocenters. The van der Waals surface area contributed by atoms with Gasteiger partial charge in [0.1, 0.15) is 17.3 Å². The molecule has 82 valence electrons. The fourth-order valence-corrected chi connectivity index (χ4v) is 1.19. The van der Waals surface area contributed by atoms with Crippen LogP contribution in [0.15, 0.2) is 18.2 Å². The maximum Gasteiger partial charge on any atom is 0.387 e. The fraction of sp³-hybridized carbons (Fsp3) is 0.300. The molecule has 5 heteroatoms. The van der Waals surface area contributed by atoms with Gasteiger partial charge in [-0.2, -0.15) is 8.78 Å². The minimum absolute atomic E-state index is 0.0882. The Morgan fingerprint density at radius 3 is 2.73 bits per heavy atom. The molecule has 0 aliphatic heterocycles. The van der Waals surface area contributed by atoms with Gasteiger partial charge in [0.15, 0.2) is 0 Å². The van der Waals surface area contributed by atoms with Crippen LogP contribution in [0.4, 0.5) is 8.78 Å². The zero-order valence-corrected chi connectivity index (χ0v) is 8.04. The Morgan fingerprint density at radius 1 is 1.53 bits per heavy atom. The molecule has 15 heavy (non-hydrogen) atoms. The first-order chi connectivity index (χ1) is 7.00. The van der Waals surface area contributed by atoms with E-state index in [1.807, 2.05) is 0 Å². The highest BCUT2D eigenvalue weighted by molar-refractivity contribution is 5.79. The number of aromatic hydroxyl groups is 1. The van der Waals surface area contributed by atoms with E-state index in [1.165, 1.54) is 25.1 Å². The van der Waals surface area contributed by atoms with Crippen molar-refractivity contribution in [3.63, 3.8) is 0 Å². The molecule has 0 aromatic heterocycles. The molecule has 0 spiro atoms. The lowest BCUT2D eigenvalue weighted by atomic mass is 10.1. The van der Waals surface area contributed by atoms with E-state index in [-0.39, 0.29) is 29.3 Å². The molecule has 1 aromatic rings. The van der Waals surface area contributed by atoms with Gasteiger partial charge < -0.3 is 9.84 Å². The zero-order valence-electron chi connectivity index (χ0n) is 8.04. The molecular weight excluding hydrogens is 206 g/mol. The summed E-state index contributed by atoms with van der Waals surface area (Å²) in [6, 6.07) is 3.97. The highest BCUT2D eigenvalue weighted by atomic mass is 19.3. The predicted octanol–water partition coefficient (Wildman–Crippen LogP) is 2.13. The molecule has 0 aliphatic rings. The van der Waals surface area contributed by atoms with Crippen molar-refractivity contribution in [3.05, 3.63) is 23.8 Å². The second-order valence-corrected chi connectivity index (χ2v) is 3.01. The molecule has 1 rings (SSSR count). The molecule has 0 heterocycles. The molecule has 0 fully saturated rings. The van der Waals surface area contributed by atoms with E-state index in [0.29, 0.717) is 0 Å². The molecule has 0 unspecified atom stereocenters. The fourth-order valence-electron chi connectivity index (χ4n) is 1.19. The number of ketones is 1. The van der Waals surface area contributed by atoms with Crippen LogP contribution in [0.1, 0.15) is 12.5 Å². The van der Waals surface area contributed by atoms with Crippen molar-refractivity contribution in [2.45, 2.75) is 20.0 Å². The highest BCUT2D eigenvalue weighted by Crippen LogP contribution is 2.29. The van der Waals surface area contributed by atoms with Crippen LogP contribution in [0.25, 0.3) is 0 Å². The molecule has 3 nitrogen and oxygen atoms in total. The summed E-state index contributed by atoms with van der Waals surface area (Å²) in [5.74, 6) is -0.626. The van der Waals surface area contributed by atoms with Crippen LogP contribution in [0.5, 0.6) is 11.5 Å². The molecule has 1 N–H and O–H groups in total. The van der Waals surface area contributed by atoms with Crippen LogP contribution in [-0.2, 0) is 11.2 Å². The predicted molar refractivity (Wildman–Crippen MR) is 49.1 cm³/mol. The Balaban J connectivity index is 3.02. The summed E-state index contributed by atoms with van der Waals surface area (Å²) in [5.41, 5.74) is 0.0882. The van der Waals surface area contributed by atoms with Crippen molar-refractivity contribution < 1.29 is 23.4 Å². The number of alkyl halides is 2. The van der Waals surface area contributed by atoms with Gasteiger partial charge in [0.25, 0.3) is 0 Å². The largest absolute Gasteiger partial charge is 0.508 e. The Hall–Kier alpha value is -1.65. The summed E-state index contributed by atoms with van der Waals surface area (Å²) >= 11 is 0. The number of carbonyl (C=O) groups is 1. The van der Waals surface area contributed by atoms with E-state index in [1.54, 1.807) is 0 Å². The number of benzene rings is 1. The summed E-state index contributed by atoms with van der Waals surface area (Å²) in [4.78, 5) is 10.8. The molecule has 0 amide bonds. The van der Waals surface area contributed by atoms with Gasteiger partial charge in [0.2, 0.25) is 0 Å². The van der Waals surface area contributed by atoms with Crippen LogP contribution < -0.4 is 4.74 Å². The van der Waals surface area contributed by atoms with Gasteiger partial charge in [-0.3, -0.25) is 4.79 Å². The summed E-state index contributed by atoms with van der Waals surface area (Å²) in [5, 5.41) is 9.38. The van der Waals surface area contributed by atoms with Crippen LogP contribution in [-0.4, -0.2) is 17.5 Å². The number of ether oxygens (including phenoxy) is 1. The van der Waals surface area contributed by atoms with Crippen molar-refractivity contribution in [1.29, 1.82) is 0 Å². The van der Waals surface area contributed by atoms with E-state index in [0.717, 1.165) is 0 Å². The molecule has 0 saturated carbocycles. The average molecular weight is 216 g/mol. The number of hydrogen-bond acceptors (Lipinski definition) is 3. The standard InChI is InChI=1S/C10H10F2O3/c1-6(13)5-7-8(14)3-2-4-9(7)15-10(11)12/h2-4,10,14H,5H2,1H3. The van der Waals surface area contributed by atoms with Crippen LogP contribution >= 0.6 is 0 Å². The van der Waals surface area contributed by atoms with Gasteiger partial charge in [-0.05, 0) is 19.1 Å². The number of halogens is 2. The number of phenols is 1. The minimum Gasteiger partial charge on any atom is -0.508 e. The van der Waals surface area contributed by atoms with Crippen molar-refractivity contribution in [1.82, 2.24) is 0 Å². The molecule has 0 bridgehead atoms. The monoisotopic (exact) mass is 216 g/mol. The normalized spacial score (nSPS) is 10.4. The summed E-state index contributed by atoms with van der Waals surface area (Å²) in [6.07, 6.45) is -0.130. The average Bonchev–Trinajstić information content (AvgIpc) is 2.09. The van der Waals surface area contributed by atoms with Crippen LogP contribution in [0, 0.1) is 0 Å². The smallest absolute Gasteiger partial charge is 0.387 e. The molecular formula is C10H10F2O3. The second-order valence-electron chi connectivity index (χ2n) is 3.01. The Labute approximate surface area is 85.3 Å². The molecule has 0 saturated heterocycles. The molecule has 1 aromatic carbocycles. The van der Waals surface area contributed by atoms with E-state index in [4.69, 9.17) is 0 Å². The topological polar surface area (TPSA) is 46.5 Å². The lowest BCUT2D eigenvalue weighted by molar-refractivity contribution is -0.116. The molecule has 0 aliphatic carbocycles. The number of phenolic OH excluding ortho intramolecular Hbond substituents is 1. The van der Waals surface area contributed by atoms with Crippen LogP contribution in [0.2, 0.25) is 0 Å². The quantitative estimate of drug-likeness (QED) is 0.838. The Bertz CT molecular complexity index is 364. The van der Waals surface area contributed by atoms with Gasteiger partial charge in [0, 0.05) is 12.0 Å². The van der Waals surface area contributed by atoms with Gasteiger partial charge in [-0.25, -0.2) is 0 Å². The SMILES string of the molecule is CC(=O)Cc1c(O)cccc1OC(F)F. The third kappa shape index (κ3) is 3.19. The Morgan fingerprint density at radius 2 is 2.20 bits per heavy atom. The van der Waals surface area contributed by atoms with Crippen molar-refractivity contribution in [2.24, 2.45) is 0 Å². The third-order valence-corrected chi connectivity index (χ3v) is 1.75. The van der Waals surface area contributed by atoms with E-state index < -0.39 is 6.61 Å². The van der Waals surface area contributed by atoms with Gasteiger partial charge >= 0.3 is 6.61 Å². The van der Waals surface area contributed by atoms with Crippen molar-refractivity contribution in [2.75, 3.05) is 0 Å². The van der Waals surface area contributed by atoms with E-state index >= 15 is 0 Å². The van der Waals surface area contributed by atoms with Gasteiger partial charge in [-0.1, -0.05) is 6.07 Å². The summed E-state index contributed by atoms with van der Waals surface area (Å²) in [7, 11) is 0. The van der Waals surface area contributed by atoms with E-state index in [2.05, 4.69) is 4.74 Å². The first-order valence-electron chi connectivity index (χ1n) is 4.26. The highest BCUT2D eigenvalue weighted by Gasteiger charge is 2.14. The number of Topliss-reactive ketones (excluding diaryl/α,β-unsaturated/α-hetero) is 1. The molecule has 0 radical (unpaired) electrons. The second kappa shape index (κ2) is 4.72. The third-order valence-electron chi connectivity index (χ3n) is 1.75. The van der Waals surface area contributed by atoms with Crippen LogP contribution in [0.3, 0.4) is 0 Å². The summed E-state index contributed by atoms with van der Waals surface area (Å²) < 4.78 is 28.1. The first-order valence-corrected chi connectivity index (χ1v) is 4.26. The number of rotatable bonds is 4. The van der Waals surface area contributed by atoms with E-state index in [9.17, 15) is 18.7 Å². The first kappa shape index (κ1) is 11.4. The van der Waals surface area contributed by atoms with Gasteiger partial charge in [-0.15, -0.1) is 0 Å². The Kier molecular flexibility index (Phi) is 3.60. The minimum atomic E-state index is -2.97. The number of hydrogen-bond donors (Lipinski definition) is 1. The summed E-state index contributed by atoms with van der Waals surface area (Å²) in [6.45, 7) is -1.67. The van der Waals surface area contributed by atoms with Crippen molar-refractivity contribution in [3.8, 4) is 11.5 Å². The lowest BCUT2D eigenvalue weighted by Gasteiger charge is -2.10. The van der Waals surface area contributed by atoms with Gasteiger partial charge in [0.05, 0.1) is 0 Å². The number of carbonyl (C=O) groups excluding carboxylic acids is 1.